The summed E-state index contributed by atoms with van der Waals surface area (Å²) in [4.78, 5) is 17.2. The van der Waals surface area contributed by atoms with E-state index in [0.717, 1.165) is 0 Å². The highest BCUT2D eigenvalue weighted by molar-refractivity contribution is 6.21. The van der Waals surface area contributed by atoms with Crippen molar-refractivity contribution in [2.45, 2.75) is 0 Å². The van der Waals surface area contributed by atoms with Crippen LogP contribution >= 0.6 is 0 Å². The van der Waals surface area contributed by atoms with Crippen LogP contribution in [0.15, 0.2) is 83.5 Å². The van der Waals surface area contributed by atoms with E-state index in [1.54, 1.807) is 42.5 Å². The van der Waals surface area contributed by atoms with Gasteiger partial charge in [0.05, 0.1) is 22.8 Å². The molecule has 0 atom stereocenters. The van der Waals surface area contributed by atoms with E-state index >= 15 is 0 Å². The van der Waals surface area contributed by atoms with Crippen LogP contribution in [0.3, 0.4) is 0 Å². The zero-order valence-corrected chi connectivity index (χ0v) is 12.4. The summed E-state index contributed by atoms with van der Waals surface area (Å²) in [7, 11) is 0. The van der Waals surface area contributed by atoms with Gasteiger partial charge in [-0.2, -0.15) is 0 Å². The standard InChI is InChI=1S/C19H15N3O/c20-16-11-10-14(12-17(16)21)22-18-9-5-4-8-15(18)19(23)13-6-2-1-3-7-13/h1-12,20H,21H2. The molecule has 1 aliphatic rings. The quantitative estimate of drug-likeness (QED) is 0.673. The fourth-order valence-corrected chi connectivity index (χ4v) is 2.27. The molecule has 0 amide bonds. The van der Waals surface area contributed by atoms with E-state index in [0.29, 0.717) is 28.2 Å². The molecule has 0 radical (unpaired) electrons. The minimum atomic E-state index is -0.0740. The van der Waals surface area contributed by atoms with Crippen molar-refractivity contribution < 1.29 is 4.79 Å². The number of hydrogen-bond acceptors (Lipinski definition) is 4. The van der Waals surface area contributed by atoms with Gasteiger partial charge in [0.1, 0.15) is 0 Å². The Morgan fingerprint density at radius 2 is 1.65 bits per heavy atom. The first-order valence-corrected chi connectivity index (χ1v) is 7.17. The number of ketones is 1. The lowest BCUT2D eigenvalue weighted by Crippen LogP contribution is -2.14. The number of para-hydroxylation sites is 1. The summed E-state index contributed by atoms with van der Waals surface area (Å²) < 4.78 is 0. The molecular formula is C19H15N3O. The van der Waals surface area contributed by atoms with E-state index in [9.17, 15) is 4.79 Å². The van der Waals surface area contributed by atoms with Crippen LogP contribution in [0.4, 0.5) is 5.69 Å². The van der Waals surface area contributed by atoms with Crippen LogP contribution in [0.2, 0.25) is 0 Å². The fraction of sp³-hybridized carbons (Fsp3) is 0. The Morgan fingerprint density at radius 1 is 0.957 bits per heavy atom. The number of carbonyl (C=O) groups excluding carboxylic acids is 1. The van der Waals surface area contributed by atoms with Gasteiger partial charge in [0, 0.05) is 11.1 Å². The maximum atomic E-state index is 12.7. The van der Waals surface area contributed by atoms with Crippen LogP contribution in [0.1, 0.15) is 15.9 Å². The first-order chi connectivity index (χ1) is 11.1. The third-order valence-electron chi connectivity index (χ3n) is 3.47. The first kappa shape index (κ1) is 14.7. The predicted molar refractivity (Wildman–Crippen MR) is 92.5 cm³/mol. The minimum Gasteiger partial charge on any atom is -0.397 e. The number of rotatable bonds is 3. The maximum absolute atomic E-state index is 12.7. The molecule has 4 nitrogen and oxygen atoms in total. The second-order valence-corrected chi connectivity index (χ2v) is 5.10. The van der Waals surface area contributed by atoms with Gasteiger partial charge < -0.3 is 5.73 Å². The molecular weight excluding hydrogens is 286 g/mol. The van der Waals surface area contributed by atoms with Crippen molar-refractivity contribution in [3.05, 3.63) is 89.6 Å². The van der Waals surface area contributed by atoms with Gasteiger partial charge in [0.25, 0.3) is 0 Å². The molecule has 3 N–H and O–H groups in total. The van der Waals surface area contributed by atoms with E-state index in [4.69, 9.17) is 11.1 Å². The second-order valence-electron chi connectivity index (χ2n) is 5.10. The van der Waals surface area contributed by atoms with E-state index in [2.05, 4.69) is 4.99 Å². The number of nitrogens with two attached hydrogens (primary N) is 1. The topological polar surface area (TPSA) is 79.3 Å². The minimum absolute atomic E-state index is 0.0740. The molecule has 3 rings (SSSR count). The summed E-state index contributed by atoms with van der Waals surface area (Å²) >= 11 is 0. The third-order valence-corrected chi connectivity index (χ3v) is 3.47. The largest absolute Gasteiger partial charge is 0.397 e. The summed E-state index contributed by atoms with van der Waals surface area (Å²) in [5, 5.41) is 7.60. The van der Waals surface area contributed by atoms with Crippen molar-refractivity contribution in [3.63, 3.8) is 0 Å². The zero-order chi connectivity index (χ0) is 16.2. The molecule has 0 aromatic heterocycles. The molecule has 0 saturated carbocycles. The van der Waals surface area contributed by atoms with E-state index in [1.807, 2.05) is 30.3 Å². The Bertz CT molecular complexity index is 861. The maximum Gasteiger partial charge on any atom is 0.195 e. The summed E-state index contributed by atoms with van der Waals surface area (Å²) in [6.45, 7) is 0. The molecule has 0 saturated heterocycles. The van der Waals surface area contributed by atoms with Gasteiger partial charge in [0.15, 0.2) is 5.78 Å². The number of carbonyl (C=O) groups is 1. The molecule has 2 aromatic carbocycles. The molecule has 1 aliphatic carbocycles. The van der Waals surface area contributed by atoms with Crippen molar-refractivity contribution in [1.82, 2.24) is 0 Å². The summed E-state index contributed by atoms with van der Waals surface area (Å²) in [5.41, 5.74) is 8.73. The molecule has 0 fully saturated rings. The van der Waals surface area contributed by atoms with E-state index in [-0.39, 0.29) is 11.5 Å². The Labute approximate surface area is 134 Å². The second kappa shape index (κ2) is 6.23. The van der Waals surface area contributed by atoms with E-state index < -0.39 is 0 Å². The van der Waals surface area contributed by atoms with Crippen LogP contribution in [0.25, 0.3) is 0 Å². The van der Waals surface area contributed by atoms with Gasteiger partial charge in [-0.1, -0.05) is 42.5 Å². The number of nitrogens with one attached hydrogen (secondary N) is 1. The van der Waals surface area contributed by atoms with Gasteiger partial charge in [0.2, 0.25) is 0 Å². The van der Waals surface area contributed by atoms with Crippen molar-refractivity contribution >= 4 is 22.9 Å². The number of benzene rings is 2. The molecule has 0 spiro atoms. The lowest BCUT2D eigenvalue weighted by molar-refractivity contribution is 0.103. The predicted octanol–water partition coefficient (Wildman–Crippen LogP) is 3.42. The highest BCUT2D eigenvalue weighted by Gasteiger charge is 2.13. The van der Waals surface area contributed by atoms with Gasteiger partial charge in [-0.15, -0.1) is 0 Å². The van der Waals surface area contributed by atoms with Gasteiger partial charge in [-0.05, 0) is 30.4 Å². The molecule has 0 aliphatic heterocycles. The highest BCUT2D eigenvalue weighted by Crippen LogP contribution is 2.23. The Hall–Kier alpha value is -3.27. The smallest absolute Gasteiger partial charge is 0.195 e. The van der Waals surface area contributed by atoms with Crippen molar-refractivity contribution in [2.24, 2.45) is 10.7 Å². The molecule has 2 aromatic rings. The number of hydrogen-bond donors (Lipinski definition) is 2. The molecule has 4 heteroatoms. The number of aliphatic imine (C=N–C) groups is 1. The molecule has 112 valence electrons. The normalized spacial score (nSPS) is 15.6. The van der Waals surface area contributed by atoms with Crippen molar-refractivity contribution in [1.29, 1.82) is 5.41 Å². The van der Waals surface area contributed by atoms with Crippen molar-refractivity contribution in [2.75, 3.05) is 0 Å². The van der Waals surface area contributed by atoms with Crippen molar-refractivity contribution in [3.8, 4) is 0 Å². The Balaban J connectivity index is 2.01. The monoisotopic (exact) mass is 301 g/mol. The van der Waals surface area contributed by atoms with E-state index in [1.165, 1.54) is 0 Å². The lowest BCUT2D eigenvalue weighted by atomic mass is 10.0. The van der Waals surface area contributed by atoms with Crippen LogP contribution in [-0.4, -0.2) is 17.2 Å². The van der Waals surface area contributed by atoms with Crippen LogP contribution in [0, 0.1) is 5.41 Å². The Kier molecular flexibility index (Phi) is 3.97. The van der Waals surface area contributed by atoms with Crippen LogP contribution < -0.4 is 5.73 Å². The molecule has 0 unspecified atom stereocenters. The number of nitrogens with zero attached hydrogens (tertiary/aromatic N) is 1. The average Bonchev–Trinajstić information content (AvgIpc) is 2.59. The highest BCUT2D eigenvalue weighted by atomic mass is 16.1. The summed E-state index contributed by atoms with van der Waals surface area (Å²) in [5.74, 6) is -0.0740. The van der Waals surface area contributed by atoms with Gasteiger partial charge in [-0.25, -0.2) is 4.99 Å². The SMILES string of the molecule is N=C1C=CC(=Nc2ccccc2C(=O)c2ccccc2)C=C1N. The molecule has 0 bridgehead atoms. The summed E-state index contributed by atoms with van der Waals surface area (Å²) in [6.07, 6.45) is 4.93. The first-order valence-electron chi connectivity index (χ1n) is 7.17. The lowest BCUT2D eigenvalue weighted by Gasteiger charge is -2.08. The Morgan fingerprint density at radius 3 is 2.39 bits per heavy atom. The molecule has 0 heterocycles. The third kappa shape index (κ3) is 3.16. The molecule has 23 heavy (non-hydrogen) atoms. The average molecular weight is 301 g/mol. The van der Waals surface area contributed by atoms with Crippen LogP contribution in [0.5, 0.6) is 0 Å². The van der Waals surface area contributed by atoms with Gasteiger partial charge in [-0.3, -0.25) is 10.2 Å². The number of allylic oxidation sites excluding steroid dienone is 3. The fourth-order valence-electron chi connectivity index (χ4n) is 2.27. The van der Waals surface area contributed by atoms with Crippen LogP contribution in [-0.2, 0) is 0 Å². The summed E-state index contributed by atoms with van der Waals surface area (Å²) in [6, 6.07) is 16.3. The zero-order valence-electron chi connectivity index (χ0n) is 12.4. The van der Waals surface area contributed by atoms with Gasteiger partial charge >= 0.3 is 0 Å².